The van der Waals surface area contributed by atoms with Gasteiger partial charge in [0.15, 0.2) is 0 Å². The number of pyridine rings is 1. The van der Waals surface area contributed by atoms with Crippen LogP contribution in [0.2, 0.25) is 0 Å². The van der Waals surface area contributed by atoms with Gasteiger partial charge in [-0.1, -0.05) is 13.0 Å². The monoisotopic (exact) mass is 474 g/mol. The summed E-state index contributed by atoms with van der Waals surface area (Å²) in [5.74, 6) is -0.259. The molecule has 3 aliphatic rings. The number of anilines is 1. The fourth-order valence-electron chi connectivity index (χ4n) is 6.31. The molecule has 0 spiro atoms. The van der Waals surface area contributed by atoms with Gasteiger partial charge in [-0.3, -0.25) is 9.69 Å². The minimum Gasteiger partial charge on any atom is -0.469 e. The molecule has 0 saturated heterocycles. The Bertz CT molecular complexity index is 1340. The number of hydrogen-bond donors (Lipinski definition) is 1. The molecule has 2 aliphatic heterocycles. The topological polar surface area (TPSA) is 61.5 Å². The summed E-state index contributed by atoms with van der Waals surface area (Å²) in [4.78, 5) is 24.9. The lowest BCUT2D eigenvalue weighted by Gasteiger charge is -2.42. The zero-order valence-electron chi connectivity index (χ0n) is 20.5. The molecule has 6 nitrogen and oxygen atoms in total. The highest BCUT2D eigenvalue weighted by atomic mass is 19.1. The highest BCUT2D eigenvalue weighted by Crippen LogP contribution is 2.48. The molecular formula is C28H31FN4O2. The Balaban J connectivity index is 1.38. The van der Waals surface area contributed by atoms with Gasteiger partial charge in [0, 0.05) is 60.3 Å². The molecule has 0 amide bonds. The number of esters is 1. The maximum atomic E-state index is 14.3. The van der Waals surface area contributed by atoms with Crippen LogP contribution in [-0.4, -0.2) is 54.1 Å². The summed E-state index contributed by atoms with van der Waals surface area (Å²) < 4.78 is 19.2. The second-order valence-electron chi connectivity index (χ2n) is 10.0. The van der Waals surface area contributed by atoms with E-state index in [4.69, 9.17) is 4.74 Å². The van der Waals surface area contributed by atoms with Gasteiger partial charge in [0.05, 0.1) is 19.1 Å². The molecule has 0 bridgehead atoms. The molecule has 182 valence electrons. The summed E-state index contributed by atoms with van der Waals surface area (Å²) in [5, 5.41) is 1.11. The number of hydrogen-bond acceptors (Lipinski definition) is 5. The summed E-state index contributed by atoms with van der Waals surface area (Å²) in [6, 6.07) is 7.71. The molecular weight excluding hydrogens is 443 g/mol. The van der Waals surface area contributed by atoms with E-state index in [0.717, 1.165) is 72.3 Å². The molecule has 2 aromatic heterocycles. The lowest BCUT2D eigenvalue weighted by atomic mass is 9.78. The summed E-state index contributed by atoms with van der Waals surface area (Å²) in [5.41, 5.74) is 7.59. The van der Waals surface area contributed by atoms with Crippen LogP contribution >= 0.6 is 0 Å². The van der Waals surface area contributed by atoms with Crippen LogP contribution < -0.4 is 4.90 Å². The zero-order chi connectivity index (χ0) is 24.3. The minimum absolute atomic E-state index is 0.0501. The minimum atomic E-state index is -0.227. The molecule has 1 N–H and O–H groups in total. The average molecular weight is 475 g/mol. The van der Waals surface area contributed by atoms with Crippen molar-refractivity contribution in [3.63, 3.8) is 0 Å². The third-order valence-electron chi connectivity index (χ3n) is 8.28. The lowest BCUT2D eigenvalue weighted by Crippen LogP contribution is -2.48. The number of carbonyl (C=O) groups excluding carboxylic acids is 1. The first-order chi connectivity index (χ1) is 17.0. The van der Waals surface area contributed by atoms with Crippen LogP contribution in [0.1, 0.15) is 49.9 Å². The number of aromatic nitrogens is 2. The molecule has 1 atom stereocenters. The van der Waals surface area contributed by atoms with E-state index in [1.807, 2.05) is 18.3 Å². The third-order valence-corrected chi connectivity index (χ3v) is 8.28. The highest BCUT2D eigenvalue weighted by Gasteiger charge is 2.39. The van der Waals surface area contributed by atoms with E-state index in [0.29, 0.717) is 6.04 Å². The maximum absolute atomic E-state index is 14.3. The summed E-state index contributed by atoms with van der Waals surface area (Å²) in [6.45, 7) is 4.05. The Hall–Kier alpha value is -3.19. The molecule has 0 radical (unpaired) electrons. The Labute approximate surface area is 204 Å². The first-order valence-corrected chi connectivity index (χ1v) is 12.5. The normalized spacial score (nSPS) is 23.9. The van der Waals surface area contributed by atoms with E-state index in [1.165, 1.54) is 18.2 Å². The number of nitrogens with zero attached hydrogens (tertiary/aromatic N) is 3. The molecule has 7 heteroatoms. The van der Waals surface area contributed by atoms with Crippen LogP contribution in [-0.2, 0) is 9.53 Å². The molecule has 4 heterocycles. The number of rotatable bonds is 4. The number of H-pyrrole nitrogens is 1. The van der Waals surface area contributed by atoms with Crippen molar-refractivity contribution in [3.05, 3.63) is 53.6 Å². The van der Waals surface area contributed by atoms with Crippen molar-refractivity contribution in [2.45, 2.75) is 44.7 Å². The number of nitrogens with one attached hydrogen (secondary N) is 1. The van der Waals surface area contributed by atoms with Gasteiger partial charge in [-0.25, -0.2) is 9.37 Å². The van der Waals surface area contributed by atoms with Gasteiger partial charge < -0.3 is 14.6 Å². The van der Waals surface area contributed by atoms with E-state index in [-0.39, 0.29) is 23.7 Å². The summed E-state index contributed by atoms with van der Waals surface area (Å²) in [6.07, 6.45) is 7.79. The van der Waals surface area contributed by atoms with Gasteiger partial charge in [-0.05, 0) is 61.1 Å². The number of aromatic amines is 1. The molecule has 1 aromatic carbocycles. The molecule has 1 saturated carbocycles. The number of carbonyl (C=O) groups is 1. The second-order valence-corrected chi connectivity index (χ2v) is 10.0. The first-order valence-electron chi connectivity index (χ1n) is 12.5. The molecule has 1 fully saturated rings. The van der Waals surface area contributed by atoms with E-state index < -0.39 is 0 Å². The van der Waals surface area contributed by atoms with Crippen LogP contribution in [0.5, 0.6) is 0 Å². The van der Waals surface area contributed by atoms with Crippen molar-refractivity contribution in [1.82, 2.24) is 14.9 Å². The molecule has 1 aliphatic carbocycles. The van der Waals surface area contributed by atoms with Crippen molar-refractivity contribution in [3.8, 4) is 11.1 Å². The van der Waals surface area contributed by atoms with Crippen LogP contribution in [0.25, 0.3) is 27.7 Å². The number of ether oxygens (including phenoxy) is 1. The number of benzene rings is 1. The molecule has 0 unspecified atom stereocenters. The SMILES string of the molecule is CC[C@H]1c2c(C3=CCN([C@H]4C[C@H](C(=O)OC)C4)CC3)[nH]c3nccc(c23)-c2cc(F)ccc2N1C. The van der Waals surface area contributed by atoms with Crippen molar-refractivity contribution in [2.24, 2.45) is 5.92 Å². The van der Waals surface area contributed by atoms with Crippen molar-refractivity contribution < 1.29 is 13.9 Å². The summed E-state index contributed by atoms with van der Waals surface area (Å²) >= 11 is 0. The Morgan fingerprint density at radius 3 is 2.80 bits per heavy atom. The average Bonchev–Trinajstić information content (AvgIpc) is 3.18. The second kappa shape index (κ2) is 8.48. The maximum Gasteiger partial charge on any atom is 0.308 e. The van der Waals surface area contributed by atoms with Gasteiger partial charge in [0.25, 0.3) is 0 Å². The predicted molar refractivity (Wildman–Crippen MR) is 136 cm³/mol. The van der Waals surface area contributed by atoms with Gasteiger partial charge in [0.1, 0.15) is 11.5 Å². The van der Waals surface area contributed by atoms with Crippen molar-refractivity contribution in [2.75, 3.05) is 32.1 Å². The predicted octanol–water partition coefficient (Wildman–Crippen LogP) is 5.31. The number of fused-ring (bicyclic) bond motifs is 2. The Morgan fingerprint density at radius 2 is 2.09 bits per heavy atom. The van der Waals surface area contributed by atoms with E-state index in [9.17, 15) is 9.18 Å². The fraction of sp³-hybridized carbons (Fsp3) is 0.429. The third kappa shape index (κ3) is 3.47. The van der Waals surface area contributed by atoms with Gasteiger partial charge in [-0.2, -0.15) is 0 Å². The van der Waals surface area contributed by atoms with E-state index in [1.54, 1.807) is 12.1 Å². The molecule has 35 heavy (non-hydrogen) atoms. The number of halogens is 1. The van der Waals surface area contributed by atoms with Gasteiger partial charge in [0.2, 0.25) is 0 Å². The van der Waals surface area contributed by atoms with E-state index in [2.05, 4.69) is 39.8 Å². The van der Waals surface area contributed by atoms with Crippen LogP contribution in [0, 0.1) is 11.7 Å². The van der Waals surface area contributed by atoms with Crippen LogP contribution in [0.15, 0.2) is 36.5 Å². The first kappa shape index (κ1) is 22.3. The Kier molecular flexibility index (Phi) is 5.40. The van der Waals surface area contributed by atoms with E-state index >= 15 is 0 Å². The highest BCUT2D eigenvalue weighted by molar-refractivity contribution is 6.03. The van der Waals surface area contributed by atoms with Crippen molar-refractivity contribution in [1.29, 1.82) is 0 Å². The summed E-state index contributed by atoms with van der Waals surface area (Å²) in [7, 11) is 3.58. The quantitative estimate of drug-likeness (QED) is 0.519. The number of methoxy groups -OCH3 is 1. The zero-order valence-corrected chi connectivity index (χ0v) is 20.5. The largest absolute Gasteiger partial charge is 0.469 e. The molecule has 3 aromatic rings. The molecule has 6 rings (SSSR count). The lowest BCUT2D eigenvalue weighted by molar-refractivity contribution is -0.150. The van der Waals surface area contributed by atoms with Crippen molar-refractivity contribution >= 4 is 28.3 Å². The standard InChI is InChI=1S/C28H31FN4O2/c1-4-22-25-24-20(21-15-18(29)5-6-23(21)32(22)2)7-10-30-27(24)31-26(25)16-8-11-33(12-9-16)19-13-17(14-19)28(34)35-3/h5-8,10,15,17,19,22H,4,9,11-14H2,1-3H3,(H,30,31)/t17-,19-,22-/m0/s1. The van der Waals surface area contributed by atoms with Gasteiger partial charge >= 0.3 is 5.97 Å². The smallest absolute Gasteiger partial charge is 0.308 e. The van der Waals surface area contributed by atoms with Crippen LogP contribution in [0.4, 0.5) is 10.1 Å². The van der Waals surface area contributed by atoms with Gasteiger partial charge in [-0.15, -0.1) is 0 Å². The Morgan fingerprint density at radius 1 is 1.26 bits per heavy atom. The fourth-order valence-corrected chi connectivity index (χ4v) is 6.31. The van der Waals surface area contributed by atoms with Crippen LogP contribution in [0.3, 0.4) is 0 Å².